The second-order valence-electron chi connectivity index (χ2n) is 9.27. The maximum atomic E-state index is 12.4. The molecule has 1 aliphatic rings. The molecule has 41 heavy (non-hydrogen) atoms. The molecule has 4 rings (SSSR count). The number of carbonyl (C=O) groups is 1. The van der Waals surface area contributed by atoms with Crippen LogP contribution in [0.15, 0.2) is 64.3 Å². The molecule has 14 heteroatoms. The zero-order chi connectivity index (χ0) is 29.7. The number of thiophene rings is 1. The summed E-state index contributed by atoms with van der Waals surface area (Å²) in [4.78, 5) is 50.5. The standard InChI is InChI=1S/C27H29N3O10S/c1-4-16-11-19(30(35)36)17(12-18(16)21-7-6-10-41-21)15(3)13-38-27(34)39-14-20-23(32)24(37-5-2)25(40-20)29-9-8-22(31)28-26(29)33/h5-12,15,20,23-25,32H,2,4,13-14H2,1,3H3,(H,28,31,33)/t15?,20-,23-,24-,25-/m1/s1. The molecule has 1 saturated heterocycles. The first-order chi connectivity index (χ1) is 19.6. The van der Waals surface area contributed by atoms with Gasteiger partial charge in [-0.25, -0.2) is 9.59 Å². The van der Waals surface area contributed by atoms with Gasteiger partial charge < -0.3 is 24.1 Å². The van der Waals surface area contributed by atoms with E-state index in [4.69, 9.17) is 18.9 Å². The summed E-state index contributed by atoms with van der Waals surface area (Å²) in [5, 5.41) is 24.4. The van der Waals surface area contributed by atoms with E-state index in [9.17, 15) is 29.6 Å². The average molecular weight is 588 g/mol. The van der Waals surface area contributed by atoms with Crippen molar-refractivity contribution < 1.29 is 33.8 Å². The van der Waals surface area contributed by atoms with Crippen molar-refractivity contribution in [3.63, 3.8) is 0 Å². The topological polar surface area (TPSA) is 172 Å². The van der Waals surface area contributed by atoms with Crippen molar-refractivity contribution in [3.8, 4) is 10.4 Å². The van der Waals surface area contributed by atoms with E-state index in [0.29, 0.717) is 12.0 Å². The molecule has 1 fully saturated rings. The fourth-order valence-corrected chi connectivity index (χ4v) is 5.37. The highest BCUT2D eigenvalue weighted by molar-refractivity contribution is 7.13. The highest BCUT2D eigenvalue weighted by Gasteiger charge is 2.47. The lowest BCUT2D eigenvalue weighted by molar-refractivity contribution is -0.385. The highest BCUT2D eigenvalue weighted by Crippen LogP contribution is 2.37. The molecule has 2 N–H and O–H groups in total. The summed E-state index contributed by atoms with van der Waals surface area (Å²) in [5.41, 5.74) is 0.675. The van der Waals surface area contributed by atoms with Gasteiger partial charge in [0.15, 0.2) is 12.3 Å². The van der Waals surface area contributed by atoms with Crippen molar-refractivity contribution in [1.82, 2.24) is 9.55 Å². The summed E-state index contributed by atoms with van der Waals surface area (Å²) in [6.07, 6.45) is -2.90. The third kappa shape index (κ3) is 6.56. The molecule has 0 spiro atoms. The summed E-state index contributed by atoms with van der Waals surface area (Å²) in [6, 6.07) is 8.28. The van der Waals surface area contributed by atoms with Crippen LogP contribution in [0.25, 0.3) is 10.4 Å². The number of H-pyrrole nitrogens is 1. The number of aromatic amines is 1. The third-order valence-corrected chi connectivity index (χ3v) is 7.56. The van der Waals surface area contributed by atoms with Crippen molar-refractivity contribution in [2.24, 2.45) is 0 Å². The van der Waals surface area contributed by atoms with Crippen LogP contribution < -0.4 is 11.2 Å². The molecule has 1 aliphatic heterocycles. The molecule has 5 atom stereocenters. The fraction of sp³-hybridized carbons (Fsp3) is 0.370. The van der Waals surface area contributed by atoms with Crippen LogP contribution in [0.3, 0.4) is 0 Å². The number of aliphatic hydroxyl groups excluding tert-OH is 1. The molecular formula is C27H29N3O10S. The van der Waals surface area contributed by atoms with Crippen LogP contribution in [0.4, 0.5) is 10.5 Å². The summed E-state index contributed by atoms with van der Waals surface area (Å²) in [7, 11) is 0. The number of nitrogens with zero attached hydrogens (tertiary/aromatic N) is 2. The van der Waals surface area contributed by atoms with E-state index in [1.807, 2.05) is 24.4 Å². The number of hydrogen-bond acceptors (Lipinski definition) is 11. The van der Waals surface area contributed by atoms with Crippen LogP contribution in [0.5, 0.6) is 0 Å². The summed E-state index contributed by atoms with van der Waals surface area (Å²) in [6.45, 7) is 6.42. The molecule has 3 aromatic rings. The van der Waals surface area contributed by atoms with Crippen molar-refractivity contribution in [3.05, 3.63) is 96.8 Å². The summed E-state index contributed by atoms with van der Waals surface area (Å²) >= 11 is 1.52. The Morgan fingerprint density at radius 2 is 2.12 bits per heavy atom. The first kappa shape index (κ1) is 29.7. The van der Waals surface area contributed by atoms with Crippen LogP contribution in [-0.2, 0) is 25.4 Å². The van der Waals surface area contributed by atoms with E-state index in [0.717, 1.165) is 32.9 Å². The molecule has 1 aromatic carbocycles. The van der Waals surface area contributed by atoms with Gasteiger partial charge in [-0.2, -0.15) is 0 Å². The molecule has 3 heterocycles. The summed E-state index contributed by atoms with van der Waals surface area (Å²) in [5.74, 6) is -0.539. The molecule has 0 amide bonds. The van der Waals surface area contributed by atoms with E-state index >= 15 is 0 Å². The Labute approximate surface area is 237 Å². The van der Waals surface area contributed by atoms with Gasteiger partial charge in [0.05, 0.1) is 11.2 Å². The predicted octanol–water partition coefficient (Wildman–Crippen LogP) is 3.48. The lowest BCUT2D eigenvalue weighted by Gasteiger charge is -2.20. The van der Waals surface area contributed by atoms with Crippen molar-refractivity contribution in [2.45, 2.75) is 50.7 Å². The Bertz CT molecular complexity index is 1520. The average Bonchev–Trinajstić information content (AvgIpc) is 3.59. The van der Waals surface area contributed by atoms with Gasteiger partial charge in [-0.05, 0) is 35.1 Å². The van der Waals surface area contributed by atoms with Gasteiger partial charge >= 0.3 is 11.8 Å². The number of aromatic nitrogens is 2. The maximum Gasteiger partial charge on any atom is 0.508 e. The lowest BCUT2D eigenvalue weighted by Crippen LogP contribution is -2.38. The fourth-order valence-electron chi connectivity index (χ4n) is 4.59. The minimum atomic E-state index is -1.33. The van der Waals surface area contributed by atoms with Gasteiger partial charge in [0.25, 0.3) is 11.2 Å². The third-order valence-electron chi connectivity index (χ3n) is 6.66. The lowest BCUT2D eigenvalue weighted by atomic mass is 9.93. The minimum absolute atomic E-state index is 0.0640. The van der Waals surface area contributed by atoms with E-state index in [2.05, 4.69) is 11.6 Å². The zero-order valence-corrected chi connectivity index (χ0v) is 23.1. The van der Waals surface area contributed by atoms with Gasteiger partial charge in [-0.15, -0.1) is 11.3 Å². The SMILES string of the molecule is C=CO[C@@H]1[C@H](O)[C@@H](COC(=O)OCC(C)c2cc(-c3cccs3)c(CC)cc2[N+](=O)[O-])O[C@H]1n1ccc(=O)[nH]c1=O. The van der Waals surface area contributed by atoms with E-state index in [-0.39, 0.29) is 12.3 Å². The number of aliphatic hydroxyl groups is 1. The number of carbonyl (C=O) groups excluding carboxylic acids is 1. The van der Waals surface area contributed by atoms with Crippen LogP contribution in [0.2, 0.25) is 0 Å². The van der Waals surface area contributed by atoms with Gasteiger partial charge in [-0.1, -0.05) is 26.5 Å². The van der Waals surface area contributed by atoms with Crippen molar-refractivity contribution in [2.75, 3.05) is 13.2 Å². The number of rotatable bonds is 11. The maximum absolute atomic E-state index is 12.4. The van der Waals surface area contributed by atoms with Gasteiger partial charge in [0.1, 0.15) is 25.4 Å². The number of aryl methyl sites for hydroxylation is 1. The number of nitro benzene ring substituents is 1. The summed E-state index contributed by atoms with van der Waals surface area (Å²) < 4.78 is 22.4. The monoisotopic (exact) mass is 587 g/mol. The molecule has 13 nitrogen and oxygen atoms in total. The number of benzene rings is 1. The molecule has 2 aromatic heterocycles. The Morgan fingerprint density at radius 3 is 2.76 bits per heavy atom. The van der Waals surface area contributed by atoms with Crippen LogP contribution in [-0.4, -0.2) is 57.3 Å². The smallest absolute Gasteiger partial charge is 0.491 e. The molecule has 218 valence electrons. The number of nitro groups is 1. The molecule has 0 aliphatic carbocycles. The van der Waals surface area contributed by atoms with Crippen LogP contribution in [0.1, 0.15) is 37.1 Å². The Hall–Kier alpha value is -4.27. The first-order valence-electron chi connectivity index (χ1n) is 12.7. The minimum Gasteiger partial charge on any atom is -0.491 e. The number of hydrogen-bond donors (Lipinski definition) is 2. The quantitative estimate of drug-likeness (QED) is 0.146. The van der Waals surface area contributed by atoms with Gasteiger partial charge in [0, 0.05) is 34.7 Å². The second-order valence-corrected chi connectivity index (χ2v) is 10.2. The van der Waals surface area contributed by atoms with E-state index < -0.39 is 59.4 Å². The molecule has 0 bridgehead atoms. The normalized spacial score (nSPS) is 20.8. The Kier molecular flexibility index (Phi) is 9.37. The molecular weight excluding hydrogens is 558 g/mol. The Morgan fingerprint density at radius 1 is 1.34 bits per heavy atom. The van der Waals surface area contributed by atoms with Crippen LogP contribution in [0, 0.1) is 10.1 Å². The van der Waals surface area contributed by atoms with Gasteiger partial charge in [0.2, 0.25) is 0 Å². The van der Waals surface area contributed by atoms with Crippen LogP contribution >= 0.6 is 11.3 Å². The first-order valence-corrected chi connectivity index (χ1v) is 13.6. The Balaban J connectivity index is 1.41. The van der Waals surface area contributed by atoms with Gasteiger partial charge in [-0.3, -0.25) is 24.5 Å². The number of nitrogens with one attached hydrogen (secondary N) is 1. The largest absolute Gasteiger partial charge is 0.508 e. The second kappa shape index (κ2) is 12.9. The number of ether oxygens (including phenoxy) is 4. The van der Waals surface area contributed by atoms with Crippen molar-refractivity contribution in [1.29, 1.82) is 0 Å². The van der Waals surface area contributed by atoms with E-state index in [1.165, 1.54) is 17.5 Å². The molecule has 0 radical (unpaired) electrons. The zero-order valence-electron chi connectivity index (χ0n) is 22.3. The van der Waals surface area contributed by atoms with Crippen molar-refractivity contribution >= 4 is 23.2 Å². The predicted molar refractivity (Wildman–Crippen MR) is 148 cm³/mol. The van der Waals surface area contributed by atoms with E-state index in [1.54, 1.807) is 19.1 Å². The molecule has 0 saturated carbocycles. The molecule has 1 unspecified atom stereocenters. The highest BCUT2D eigenvalue weighted by atomic mass is 32.1.